The van der Waals surface area contributed by atoms with E-state index in [4.69, 9.17) is 0 Å². The highest BCUT2D eigenvalue weighted by atomic mass is 19.1. The molecule has 0 spiro atoms. The minimum absolute atomic E-state index is 0.340. The van der Waals surface area contributed by atoms with Crippen molar-refractivity contribution in [3.8, 4) is 11.4 Å². The number of hydrogen-bond donors (Lipinski definition) is 1. The van der Waals surface area contributed by atoms with Gasteiger partial charge in [-0.05, 0) is 36.4 Å². The number of fused-ring (bicyclic) bond motifs is 1. The van der Waals surface area contributed by atoms with Crippen LogP contribution < -0.4 is 5.32 Å². The molecule has 3 heterocycles. The molecule has 0 amide bonds. The lowest BCUT2D eigenvalue weighted by Gasteiger charge is -2.07. The van der Waals surface area contributed by atoms with Crippen LogP contribution >= 0.6 is 0 Å². The normalized spacial score (nSPS) is 10.8. The molecule has 0 bridgehead atoms. The molecule has 0 unspecified atom stereocenters. The Balaban J connectivity index is 1.77. The lowest BCUT2D eigenvalue weighted by Crippen LogP contribution is -2.01. The van der Waals surface area contributed by atoms with Gasteiger partial charge in [0.25, 0.3) is 0 Å². The summed E-state index contributed by atoms with van der Waals surface area (Å²) in [6, 6.07) is 13.6. The molecule has 7 heteroatoms. The molecule has 1 N–H and O–H groups in total. The molecular formula is C16H11FN6. The summed E-state index contributed by atoms with van der Waals surface area (Å²) in [4.78, 5) is 3.99. The molecule has 0 fully saturated rings. The second-order valence-electron chi connectivity index (χ2n) is 4.85. The van der Waals surface area contributed by atoms with Gasteiger partial charge in [0, 0.05) is 18.0 Å². The van der Waals surface area contributed by atoms with Gasteiger partial charge in [0.2, 0.25) is 0 Å². The molecule has 0 saturated heterocycles. The van der Waals surface area contributed by atoms with Crippen LogP contribution in [0.4, 0.5) is 15.9 Å². The Kier molecular flexibility index (Phi) is 3.16. The van der Waals surface area contributed by atoms with Crippen LogP contribution in [-0.4, -0.2) is 24.8 Å². The number of rotatable bonds is 3. The van der Waals surface area contributed by atoms with E-state index < -0.39 is 0 Å². The van der Waals surface area contributed by atoms with Crippen LogP contribution in [0.5, 0.6) is 0 Å². The molecule has 0 saturated carbocycles. The summed E-state index contributed by atoms with van der Waals surface area (Å²) in [5, 5.41) is 15.6. The van der Waals surface area contributed by atoms with Crippen LogP contribution in [0, 0.1) is 5.82 Å². The second kappa shape index (κ2) is 5.45. The van der Waals surface area contributed by atoms with Gasteiger partial charge in [-0.25, -0.2) is 4.39 Å². The summed E-state index contributed by atoms with van der Waals surface area (Å²) in [5.41, 5.74) is 1.82. The number of benzene rings is 1. The van der Waals surface area contributed by atoms with Gasteiger partial charge in [0.15, 0.2) is 17.3 Å². The molecule has 1 aromatic carbocycles. The third-order valence-electron chi connectivity index (χ3n) is 3.34. The van der Waals surface area contributed by atoms with Gasteiger partial charge in [0.1, 0.15) is 5.82 Å². The van der Waals surface area contributed by atoms with Crippen LogP contribution in [0.2, 0.25) is 0 Å². The highest BCUT2D eigenvalue weighted by molar-refractivity contribution is 5.61. The molecule has 3 aromatic heterocycles. The molecule has 0 aliphatic rings. The Morgan fingerprint density at radius 3 is 2.57 bits per heavy atom. The molecule has 4 aromatic rings. The van der Waals surface area contributed by atoms with Gasteiger partial charge in [0.05, 0.1) is 5.69 Å². The highest BCUT2D eigenvalue weighted by Gasteiger charge is 2.10. The quantitative estimate of drug-likeness (QED) is 0.630. The number of para-hydroxylation sites is 1. The molecule has 0 radical (unpaired) electrons. The first-order valence-corrected chi connectivity index (χ1v) is 6.96. The first-order valence-electron chi connectivity index (χ1n) is 6.96. The lowest BCUT2D eigenvalue weighted by molar-refractivity contribution is 0.631. The van der Waals surface area contributed by atoms with E-state index in [0.29, 0.717) is 23.0 Å². The van der Waals surface area contributed by atoms with E-state index >= 15 is 0 Å². The van der Waals surface area contributed by atoms with Gasteiger partial charge >= 0.3 is 0 Å². The number of aromatic nitrogens is 5. The third-order valence-corrected chi connectivity index (χ3v) is 3.34. The fraction of sp³-hybridized carbons (Fsp3) is 0. The van der Waals surface area contributed by atoms with E-state index in [2.05, 4.69) is 25.6 Å². The average Bonchev–Trinajstić information content (AvgIpc) is 3.01. The molecule has 6 nitrogen and oxygen atoms in total. The lowest BCUT2D eigenvalue weighted by atomic mass is 10.2. The zero-order valence-electron chi connectivity index (χ0n) is 11.9. The van der Waals surface area contributed by atoms with Crippen molar-refractivity contribution in [2.24, 2.45) is 0 Å². The van der Waals surface area contributed by atoms with Crippen molar-refractivity contribution in [2.75, 3.05) is 5.32 Å². The summed E-state index contributed by atoms with van der Waals surface area (Å²) in [7, 11) is 0. The Morgan fingerprint density at radius 1 is 0.913 bits per heavy atom. The number of nitrogens with one attached hydrogen (secondary N) is 1. The predicted molar refractivity (Wildman–Crippen MR) is 83.7 cm³/mol. The van der Waals surface area contributed by atoms with Gasteiger partial charge in [-0.1, -0.05) is 12.1 Å². The van der Waals surface area contributed by atoms with E-state index in [1.54, 1.807) is 47.2 Å². The maximum Gasteiger partial charge on any atom is 0.185 e. The van der Waals surface area contributed by atoms with Crippen LogP contribution in [0.15, 0.2) is 60.9 Å². The first-order chi connectivity index (χ1) is 11.3. The third kappa shape index (κ3) is 2.48. The van der Waals surface area contributed by atoms with E-state index in [9.17, 15) is 4.39 Å². The Labute approximate surface area is 130 Å². The molecule has 112 valence electrons. The molecule has 4 rings (SSSR count). The van der Waals surface area contributed by atoms with E-state index in [1.807, 2.05) is 12.1 Å². The van der Waals surface area contributed by atoms with Gasteiger partial charge in [-0.15, -0.1) is 15.3 Å². The molecule has 0 aliphatic carbocycles. The largest absolute Gasteiger partial charge is 0.336 e. The predicted octanol–water partition coefficient (Wildman–Crippen LogP) is 3.07. The summed E-state index contributed by atoms with van der Waals surface area (Å²) in [6.07, 6.45) is 3.36. The number of nitrogens with zero attached hydrogens (tertiary/aromatic N) is 5. The van der Waals surface area contributed by atoms with Crippen molar-refractivity contribution in [2.45, 2.75) is 0 Å². The second-order valence-corrected chi connectivity index (χ2v) is 4.85. The van der Waals surface area contributed by atoms with Crippen molar-refractivity contribution < 1.29 is 4.39 Å². The van der Waals surface area contributed by atoms with Crippen molar-refractivity contribution in [3.63, 3.8) is 0 Å². The molecule has 0 aliphatic heterocycles. The number of halogens is 1. The van der Waals surface area contributed by atoms with Crippen LogP contribution in [0.25, 0.3) is 17.0 Å². The van der Waals surface area contributed by atoms with E-state index in [0.717, 1.165) is 5.56 Å². The van der Waals surface area contributed by atoms with Crippen molar-refractivity contribution in [1.82, 2.24) is 24.8 Å². The van der Waals surface area contributed by atoms with Crippen LogP contribution in [-0.2, 0) is 0 Å². The molecule has 23 heavy (non-hydrogen) atoms. The summed E-state index contributed by atoms with van der Waals surface area (Å²) >= 11 is 0. The van der Waals surface area contributed by atoms with Crippen LogP contribution in [0.3, 0.4) is 0 Å². The topological polar surface area (TPSA) is 68.0 Å². The van der Waals surface area contributed by atoms with Crippen molar-refractivity contribution in [1.29, 1.82) is 0 Å². The van der Waals surface area contributed by atoms with E-state index in [1.165, 1.54) is 6.07 Å². The number of hydrogen-bond acceptors (Lipinski definition) is 5. The SMILES string of the molecule is Fc1ccccc1Nc1ccc2nnc(-c3ccncc3)n2n1. The van der Waals surface area contributed by atoms with Crippen molar-refractivity contribution >= 4 is 17.2 Å². The Morgan fingerprint density at radius 2 is 1.74 bits per heavy atom. The zero-order valence-corrected chi connectivity index (χ0v) is 11.9. The minimum Gasteiger partial charge on any atom is -0.336 e. The number of pyridine rings is 1. The van der Waals surface area contributed by atoms with E-state index in [-0.39, 0.29) is 5.82 Å². The summed E-state index contributed by atoms with van der Waals surface area (Å²) in [5.74, 6) is 0.754. The minimum atomic E-state index is -0.340. The van der Waals surface area contributed by atoms with Gasteiger partial charge < -0.3 is 5.32 Å². The Hall–Kier alpha value is -3.35. The smallest absolute Gasteiger partial charge is 0.185 e. The maximum absolute atomic E-state index is 13.7. The van der Waals surface area contributed by atoms with Crippen molar-refractivity contribution in [3.05, 3.63) is 66.7 Å². The summed E-state index contributed by atoms with van der Waals surface area (Å²) in [6.45, 7) is 0. The fourth-order valence-electron chi connectivity index (χ4n) is 2.24. The summed E-state index contributed by atoms with van der Waals surface area (Å²) < 4.78 is 15.4. The monoisotopic (exact) mass is 306 g/mol. The van der Waals surface area contributed by atoms with Gasteiger partial charge in [-0.2, -0.15) is 4.52 Å². The average molecular weight is 306 g/mol. The standard InChI is InChI=1S/C16H11FN6/c17-12-3-1-2-4-13(12)19-14-5-6-15-20-21-16(23(15)22-14)11-7-9-18-10-8-11/h1-10H,(H,19,22). The maximum atomic E-state index is 13.7. The highest BCUT2D eigenvalue weighted by Crippen LogP contribution is 2.20. The number of anilines is 2. The molecule has 0 atom stereocenters. The zero-order chi connectivity index (χ0) is 15.6. The fourth-order valence-corrected chi connectivity index (χ4v) is 2.24. The van der Waals surface area contributed by atoms with Gasteiger partial charge in [-0.3, -0.25) is 4.98 Å². The molecular weight excluding hydrogens is 295 g/mol. The Bertz CT molecular complexity index is 967. The first kappa shape index (κ1) is 13.3. The van der Waals surface area contributed by atoms with Crippen LogP contribution in [0.1, 0.15) is 0 Å².